The van der Waals surface area contributed by atoms with Crippen LogP contribution in [-0.2, 0) is 17.7 Å². The van der Waals surface area contributed by atoms with E-state index in [1.165, 1.54) is 18.1 Å². The molecule has 0 spiro atoms. The summed E-state index contributed by atoms with van der Waals surface area (Å²) >= 11 is 6.27. The number of nitrogen functional groups attached to an aromatic ring is 1. The van der Waals surface area contributed by atoms with E-state index in [4.69, 9.17) is 26.8 Å². The minimum absolute atomic E-state index is 0.116. The summed E-state index contributed by atoms with van der Waals surface area (Å²) in [6.07, 6.45) is 3.59. The van der Waals surface area contributed by atoms with Crippen molar-refractivity contribution in [2.45, 2.75) is 31.7 Å². The van der Waals surface area contributed by atoms with Crippen molar-refractivity contribution < 1.29 is 13.9 Å². The highest BCUT2D eigenvalue weighted by Crippen LogP contribution is 2.35. The first-order valence-electron chi connectivity index (χ1n) is 9.17. The predicted octanol–water partition coefficient (Wildman–Crippen LogP) is 2.82. The fraction of sp³-hybridized carbons (Fsp3) is 0.368. The van der Waals surface area contributed by atoms with Crippen LogP contribution in [0, 0.1) is 5.82 Å². The van der Waals surface area contributed by atoms with Gasteiger partial charge < -0.3 is 25.1 Å². The molecule has 28 heavy (non-hydrogen) atoms. The van der Waals surface area contributed by atoms with E-state index in [2.05, 4.69) is 15.3 Å². The number of hydrogen-bond donors (Lipinski definition) is 2. The molecule has 9 heteroatoms. The average molecular weight is 404 g/mol. The van der Waals surface area contributed by atoms with Gasteiger partial charge in [0.2, 0.25) is 0 Å². The van der Waals surface area contributed by atoms with Crippen LogP contribution in [0.5, 0.6) is 5.75 Å². The first kappa shape index (κ1) is 17.7. The first-order chi connectivity index (χ1) is 13.6. The van der Waals surface area contributed by atoms with E-state index in [-0.39, 0.29) is 23.5 Å². The minimum atomic E-state index is -0.462. The maximum atomic E-state index is 14.3. The Morgan fingerprint density at radius 1 is 1.36 bits per heavy atom. The Hall–Kier alpha value is -2.42. The zero-order valence-corrected chi connectivity index (χ0v) is 15.7. The molecule has 146 valence electrons. The standard InChI is InChI=1S/C19H19ClFN5O2/c20-11-3-10-1-2-23-6-13(10)15(4-11)28-12-5-16(27-8-12)26-7-14(21)17-18(22)24-9-25-19(17)26/h3-4,7,9,12,16,23H,1-2,5-6,8H2,(H2,22,24,25)/t12-,16?/m0/s1. The van der Waals surface area contributed by atoms with Crippen molar-refractivity contribution in [3.05, 3.63) is 46.6 Å². The number of aromatic nitrogens is 3. The summed E-state index contributed by atoms with van der Waals surface area (Å²) in [7, 11) is 0. The van der Waals surface area contributed by atoms with Crippen molar-refractivity contribution in [2.75, 3.05) is 18.9 Å². The van der Waals surface area contributed by atoms with E-state index in [1.54, 1.807) is 4.57 Å². The molecule has 1 fully saturated rings. The van der Waals surface area contributed by atoms with Crippen LogP contribution in [0.1, 0.15) is 23.8 Å². The van der Waals surface area contributed by atoms with E-state index in [0.717, 1.165) is 30.8 Å². The van der Waals surface area contributed by atoms with Gasteiger partial charge in [0.15, 0.2) is 11.5 Å². The summed E-state index contributed by atoms with van der Waals surface area (Å²) in [5.74, 6) is 0.431. The average Bonchev–Trinajstić information content (AvgIpc) is 3.27. The number of hydrogen-bond acceptors (Lipinski definition) is 6. The molecule has 3 N–H and O–H groups in total. The van der Waals surface area contributed by atoms with Crippen molar-refractivity contribution in [1.82, 2.24) is 19.9 Å². The normalized spacial score (nSPS) is 21.8. The molecule has 3 aromatic rings. The Labute approximate surface area is 165 Å². The lowest BCUT2D eigenvalue weighted by atomic mass is 10.00. The third-order valence-corrected chi connectivity index (χ3v) is 5.49. The van der Waals surface area contributed by atoms with Crippen LogP contribution < -0.4 is 15.8 Å². The van der Waals surface area contributed by atoms with Gasteiger partial charge in [0.25, 0.3) is 0 Å². The second kappa shape index (κ2) is 6.88. The molecule has 0 radical (unpaired) electrons. The Kier molecular flexibility index (Phi) is 4.34. The molecule has 1 unspecified atom stereocenters. The zero-order valence-electron chi connectivity index (χ0n) is 15.0. The highest BCUT2D eigenvalue weighted by molar-refractivity contribution is 6.30. The molecule has 0 bridgehead atoms. The summed E-state index contributed by atoms with van der Waals surface area (Å²) in [5.41, 5.74) is 8.55. The summed E-state index contributed by atoms with van der Waals surface area (Å²) in [4.78, 5) is 8.03. The zero-order chi connectivity index (χ0) is 19.3. The third kappa shape index (κ3) is 2.97. The predicted molar refractivity (Wildman–Crippen MR) is 103 cm³/mol. The molecule has 2 aliphatic heterocycles. The molecule has 0 saturated carbocycles. The van der Waals surface area contributed by atoms with Gasteiger partial charge in [-0.1, -0.05) is 11.6 Å². The van der Waals surface area contributed by atoms with Gasteiger partial charge in [0.1, 0.15) is 30.2 Å². The van der Waals surface area contributed by atoms with Gasteiger partial charge in [-0.2, -0.15) is 0 Å². The largest absolute Gasteiger partial charge is 0.487 e. The second-order valence-corrected chi connectivity index (χ2v) is 7.51. The highest BCUT2D eigenvalue weighted by Gasteiger charge is 2.31. The molecule has 2 atom stereocenters. The molecule has 4 heterocycles. The van der Waals surface area contributed by atoms with E-state index in [0.29, 0.717) is 23.7 Å². The lowest BCUT2D eigenvalue weighted by Crippen LogP contribution is -2.25. The number of ether oxygens (including phenoxy) is 2. The highest BCUT2D eigenvalue weighted by atomic mass is 35.5. The minimum Gasteiger partial charge on any atom is -0.487 e. The first-order valence-corrected chi connectivity index (χ1v) is 9.54. The van der Waals surface area contributed by atoms with Crippen LogP contribution in [0.15, 0.2) is 24.7 Å². The summed E-state index contributed by atoms with van der Waals surface area (Å²) in [5, 5.41) is 4.24. The van der Waals surface area contributed by atoms with Crippen LogP contribution in [0.3, 0.4) is 0 Å². The van der Waals surface area contributed by atoms with E-state index in [9.17, 15) is 4.39 Å². The van der Waals surface area contributed by atoms with Crippen molar-refractivity contribution in [1.29, 1.82) is 0 Å². The van der Waals surface area contributed by atoms with Crippen molar-refractivity contribution in [2.24, 2.45) is 0 Å². The molecule has 2 aromatic heterocycles. The maximum Gasteiger partial charge on any atom is 0.154 e. The van der Waals surface area contributed by atoms with Crippen LogP contribution in [0.2, 0.25) is 5.02 Å². The molecule has 1 aromatic carbocycles. The van der Waals surface area contributed by atoms with Crippen LogP contribution in [-0.4, -0.2) is 33.8 Å². The second-order valence-electron chi connectivity index (χ2n) is 7.07. The number of nitrogens with zero attached hydrogens (tertiary/aromatic N) is 3. The maximum absolute atomic E-state index is 14.3. The molecule has 5 rings (SSSR count). The van der Waals surface area contributed by atoms with Gasteiger partial charge >= 0.3 is 0 Å². The number of halogens is 2. The van der Waals surface area contributed by atoms with Crippen molar-refractivity contribution in [3.8, 4) is 5.75 Å². The Morgan fingerprint density at radius 2 is 2.25 bits per heavy atom. The number of nitrogens with two attached hydrogens (primary N) is 1. The fourth-order valence-corrected chi connectivity index (χ4v) is 4.18. The summed E-state index contributed by atoms with van der Waals surface area (Å²) in [6, 6.07) is 3.84. The summed E-state index contributed by atoms with van der Waals surface area (Å²) < 4.78 is 28.1. The fourth-order valence-electron chi connectivity index (χ4n) is 3.95. The van der Waals surface area contributed by atoms with Gasteiger partial charge in [-0.3, -0.25) is 0 Å². The number of nitrogens with one attached hydrogen (secondary N) is 1. The Balaban J connectivity index is 1.39. The molecule has 2 aliphatic rings. The van der Waals surface area contributed by atoms with Crippen molar-refractivity contribution >= 4 is 28.5 Å². The van der Waals surface area contributed by atoms with Crippen LogP contribution >= 0.6 is 11.6 Å². The van der Waals surface area contributed by atoms with Crippen molar-refractivity contribution in [3.63, 3.8) is 0 Å². The van der Waals surface area contributed by atoms with E-state index >= 15 is 0 Å². The molecular weight excluding hydrogens is 385 g/mol. The molecule has 1 saturated heterocycles. The lowest BCUT2D eigenvalue weighted by molar-refractivity contribution is 0.0523. The Bertz CT molecular complexity index is 1060. The number of fused-ring (bicyclic) bond motifs is 2. The smallest absolute Gasteiger partial charge is 0.154 e. The molecular formula is C19H19ClFN5O2. The number of rotatable bonds is 3. The van der Waals surface area contributed by atoms with Crippen LogP contribution in [0.4, 0.5) is 10.2 Å². The number of benzene rings is 1. The van der Waals surface area contributed by atoms with Gasteiger partial charge in [0, 0.05) is 29.7 Å². The molecule has 7 nitrogen and oxygen atoms in total. The monoisotopic (exact) mass is 403 g/mol. The number of anilines is 1. The third-order valence-electron chi connectivity index (χ3n) is 5.27. The van der Waals surface area contributed by atoms with Gasteiger partial charge in [-0.05, 0) is 30.7 Å². The van der Waals surface area contributed by atoms with Gasteiger partial charge in [-0.15, -0.1) is 0 Å². The Morgan fingerprint density at radius 3 is 3.14 bits per heavy atom. The van der Waals surface area contributed by atoms with E-state index in [1.807, 2.05) is 12.1 Å². The topological polar surface area (TPSA) is 87.2 Å². The molecule has 0 aliphatic carbocycles. The van der Waals surface area contributed by atoms with Gasteiger partial charge in [0.05, 0.1) is 12.0 Å². The van der Waals surface area contributed by atoms with Crippen LogP contribution in [0.25, 0.3) is 11.0 Å². The van der Waals surface area contributed by atoms with Gasteiger partial charge in [-0.25, -0.2) is 14.4 Å². The molecule has 0 amide bonds. The summed E-state index contributed by atoms with van der Waals surface area (Å²) in [6.45, 7) is 2.07. The SMILES string of the molecule is Nc1ncnc2c1c(F)cn2C1C[C@H](Oc2cc(Cl)cc3c2CNCC3)CO1. The quantitative estimate of drug-likeness (QED) is 0.699. The lowest BCUT2D eigenvalue weighted by Gasteiger charge is -2.23. The van der Waals surface area contributed by atoms with E-state index < -0.39 is 5.82 Å².